The Morgan fingerprint density at radius 2 is 1.56 bits per heavy atom. The third-order valence-electron chi connectivity index (χ3n) is 4.85. The minimum Gasteiger partial charge on any atom is -0.406 e. The van der Waals surface area contributed by atoms with E-state index in [9.17, 15) is 13.2 Å². The molecule has 8 heteroatoms. The fraction of sp³-hybridized carbons (Fsp3) is 0.647. The fourth-order valence-electron chi connectivity index (χ4n) is 3.88. The van der Waals surface area contributed by atoms with E-state index < -0.39 is 6.36 Å². The number of alkyl halides is 3. The summed E-state index contributed by atoms with van der Waals surface area (Å²) in [5, 5.41) is 3.36. The van der Waals surface area contributed by atoms with Crippen LogP contribution in [0.15, 0.2) is 24.3 Å². The quantitative estimate of drug-likeness (QED) is 0.801. The first kappa shape index (κ1) is 22.4. The molecule has 2 fully saturated rings. The normalized spacial score (nSPS) is 20.4. The molecule has 25 heavy (non-hydrogen) atoms. The van der Waals surface area contributed by atoms with E-state index in [1.807, 2.05) is 0 Å². The SMILES string of the molecule is Cl.Cl.FC(F)(F)Oc1ccc([C@H](C2CCCC2)N2CCNCC2)cc1. The van der Waals surface area contributed by atoms with Gasteiger partial charge in [0, 0.05) is 32.2 Å². The highest BCUT2D eigenvalue weighted by molar-refractivity contribution is 5.85. The van der Waals surface area contributed by atoms with Crippen LogP contribution < -0.4 is 10.1 Å². The van der Waals surface area contributed by atoms with Crippen molar-refractivity contribution in [3.05, 3.63) is 29.8 Å². The lowest BCUT2D eigenvalue weighted by Crippen LogP contribution is -2.46. The van der Waals surface area contributed by atoms with Gasteiger partial charge in [-0.25, -0.2) is 0 Å². The van der Waals surface area contributed by atoms with E-state index in [0.29, 0.717) is 12.0 Å². The second-order valence-corrected chi connectivity index (χ2v) is 6.39. The lowest BCUT2D eigenvalue weighted by atomic mass is 9.89. The van der Waals surface area contributed by atoms with Gasteiger partial charge in [0.15, 0.2) is 0 Å². The summed E-state index contributed by atoms with van der Waals surface area (Å²) in [5.74, 6) is 0.453. The molecule has 144 valence electrons. The number of rotatable bonds is 4. The largest absolute Gasteiger partial charge is 0.573 e. The molecule has 1 saturated heterocycles. The van der Waals surface area contributed by atoms with Crippen molar-refractivity contribution in [1.82, 2.24) is 10.2 Å². The van der Waals surface area contributed by atoms with Crippen molar-refractivity contribution >= 4 is 24.8 Å². The Bertz CT molecular complexity index is 502. The molecule has 1 aromatic rings. The Hall–Kier alpha value is -0.690. The molecule has 0 amide bonds. The van der Waals surface area contributed by atoms with E-state index in [4.69, 9.17) is 0 Å². The lowest BCUT2D eigenvalue weighted by molar-refractivity contribution is -0.274. The minimum absolute atomic E-state index is 0. The summed E-state index contributed by atoms with van der Waals surface area (Å²) in [6, 6.07) is 6.78. The zero-order chi connectivity index (χ0) is 16.3. The van der Waals surface area contributed by atoms with Crippen LogP contribution in [0.4, 0.5) is 13.2 Å². The average molecular weight is 401 g/mol. The second kappa shape index (κ2) is 9.86. The van der Waals surface area contributed by atoms with E-state index in [0.717, 1.165) is 31.7 Å². The van der Waals surface area contributed by atoms with E-state index in [2.05, 4.69) is 15.0 Å². The van der Waals surface area contributed by atoms with Gasteiger partial charge < -0.3 is 10.1 Å². The molecule has 0 aromatic heterocycles. The topological polar surface area (TPSA) is 24.5 Å². The predicted octanol–water partition coefficient (Wildman–Crippen LogP) is 4.57. The van der Waals surface area contributed by atoms with Gasteiger partial charge >= 0.3 is 6.36 Å². The molecule has 0 spiro atoms. The number of hydrogen-bond donors (Lipinski definition) is 1. The maximum absolute atomic E-state index is 12.3. The van der Waals surface area contributed by atoms with E-state index in [1.165, 1.54) is 37.8 Å². The van der Waals surface area contributed by atoms with Gasteiger partial charge in [-0.15, -0.1) is 38.0 Å². The molecule has 1 N–H and O–H groups in total. The zero-order valence-corrected chi connectivity index (χ0v) is 15.6. The maximum atomic E-state index is 12.3. The number of piperazine rings is 1. The van der Waals surface area contributed by atoms with Gasteiger partial charge in [-0.2, -0.15) is 0 Å². The summed E-state index contributed by atoms with van der Waals surface area (Å²) >= 11 is 0. The summed E-state index contributed by atoms with van der Waals surface area (Å²) in [6.45, 7) is 3.92. The van der Waals surface area contributed by atoms with Crippen molar-refractivity contribution in [3.63, 3.8) is 0 Å². The molecule has 1 atom stereocenters. The van der Waals surface area contributed by atoms with Gasteiger partial charge in [0.1, 0.15) is 5.75 Å². The van der Waals surface area contributed by atoms with Gasteiger partial charge in [-0.1, -0.05) is 25.0 Å². The van der Waals surface area contributed by atoms with Gasteiger partial charge in [-0.3, -0.25) is 4.90 Å². The highest BCUT2D eigenvalue weighted by Gasteiger charge is 2.33. The lowest BCUT2D eigenvalue weighted by Gasteiger charge is -2.38. The third-order valence-corrected chi connectivity index (χ3v) is 4.85. The number of hydrogen-bond acceptors (Lipinski definition) is 3. The van der Waals surface area contributed by atoms with Crippen LogP contribution >= 0.6 is 24.8 Å². The average Bonchev–Trinajstić information content (AvgIpc) is 3.03. The Morgan fingerprint density at radius 1 is 1.00 bits per heavy atom. The van der Waals surface area contributed by atoms with Gasteiger partial charge in [0.05, 0.1) is 0 Å². The van der Waals surface area contributed by atoms with Crippen LogP contribution in [-0.2, 0) is 0 Å². The Labute approximate surface area is 159 Å². The standard InChI is InChI=1S/C17H23F3N2O.2ClH/c18-17(19,20)23-15-7-5-14(6-8-15)16(13-3-1-2-4-13)22-11-9-21-10-12-22;;/h5-8,13,16,21H,1-4,9-12H2;2*1H/t16-;;/m0../s1. The van der Waals surface area contributed by atoms with E-state index >= 15 is 0 Å². The molecule has 1 heterocycles. The van der Waals surface area contributed by atoms with Gasteiger partial charge in [0.25, 0.3) is 0 Å². The van der Waals surface area contributed by atoms with Crippen LogP contribution in [0.25, 0.3) is 0 Å². The van der Waals surface area contributed by atoms with Crippen LogP contribution in [0, 0.1) is 5.92 Å². The summed E-state index contributed by atoms with van der Waals surface area (Å²) in [5.41, 5.74) is 1.10. The number of benzene rings is 1. The first-order chi connectivity index (χ1) is 11.0. The second-order valence-electron chi connectivity index (χ2n) is 6.39. The number of nitrogens with one attached hydrogen (secondary N) is 1. The van der Waals surface area contributed by atoms with Crippen molar-refractivity contribution in [2.45, 2.75) is 38.1 Å². The summed E-state index contributed by atoms with van der Waals surface area (Å²) in [6.07, 6.45) is 0.279. The molecule has 1 aliphatic carbocycles. The highest BCUT2D eigenvalue weighted by atomic mass is 35.5. The highest BCUT2D eigenvalue weighted by Crippen LogP contribution is 2.40. The Balaban J connectivity index is 0.00000156. The van der Waals surface area contributed by atoms with Gasteiger partial charge in [-0.05, 0) is 36.5 Å². The molecule has 3 nitrogen and oxygen atoms in total. The Morgan fingerprint density at radius 3 is 2.08 bits per heavy atom. The molecule has 0 radical (unpaired) electrons. The number of ether oxygens (including phenoxy) is 1. The molecule has 1 aromatic carbocycles. The molecule has 0 unspecified atom stereocenters. The predicted molar refractivity (Wildman–Crippen MR) is 96.8 cm³/mol. The fourth-order valence-corrected chi connectivity index (χ4v) is 3.88. The van der Waals surface area contributed by atoms with Crippen molar-refractivity contribution in [2.75, 3.05) is 26.2 Å². The molecular weight excluding hydrogens is 376 g/mol. The molecular formula is C17H25Cl2F3N2O. The number of nitrogens with zero attached hydrogens (tertiary/aromatic N) is 1. The molecule has 0 bridgehead atoms. The minimum atomic E-state index is -4.63. The van der Waals surface area contributed by atoms with Gasteiger partial charge in [0.2, 0.25) is 0 Å². The van der Waals surface area contributed by atoms with Crippen LogP contribution in [0.3, 0.4) is 0 Å². The number of halogens is 5. The van der Waals surface area contributed by atoms with Crippen molar-refractivity contribution < 1.29 is 17.9 Å². The van der Waals surface area contributed by atoms with Crippen LogP contribution in [0.5, 0.6) is 5.75 Å². The monoisotopic (exact) mass is 400 g/mol. The Kier molecular flexibility index (Phi) is 8.81. The summed E-state index contributed by atoms with van der Waals surface area (Å²) in [7, 11) is 0. The smallest absolute Gasteiger partial charge is 0.406 e. The molecule has 2 aliphatic rings. The third kappa shape index (κ3) is 6.20. The van der Waals surface area contributed by atoms with E-state index in [1.54, 1.807) is 12.1 Å². The summed E-state index contributed by atoms with van der Waals surface area (Å²) in [4.78, 5) is 2.48. The maximum Gasteiger partial charge on any atom is 0.573 e. The molecule has 1 aliphatic heterocycles. The van der Waals surface area contributed by atoms with Crippen LogP contribution in [0.2, 0.25) is 0 Å². The first-order valence-corrected chi connectivity index (χ1v) is 8.33. The molecule has 1 saturated carbocycles. The van der Waals surface area contributed by atoms with Crippen molar-refractivity contribution in [1.29, 1.82) is 0 Å². The summed E-state index contributed by atoms with van der Waals surface area (Å²) < 4.78 is 40.9. The zero-order valence-electron chi connectivity index (χ0n) is 13.9. The van der Waals surface area contributed by atoms with Crippen LogP contribution in [-0.4, -0.2) is 37.4 Å². The van der Waals surface area contributed by atoms with Crippen molar-refractivity contribution in [2.24, 2.45) is 5.92 Å². The van der Waals surface area contributed by atoms with Crippen molar-refractivity contribution in [3.8, 4) is 5.75 Å². The van der Waals surface area contributed by atoms with Crippen LogP contribution in [0.1, 0.15) is 37.3 Å². The molecule has 3 rings (SSSR count). The van der Waals surface area contributed by atoms with E-state index in [-0.39, 0.29) is 30.6 Å². The first-order valence-electron chi connectivity index (χ1n) is 8.33.